The van der Waals surface area contributed by atoms with Crippen molar-refractivity contribution in [3.05, 3.63) is 36.0 Å². The zero-order valence-corrected chi connectivity index (χ0v) is 11.4. The average Bonchev–Trinajstić information content (AvgIpc) is 2.39. The molecule has 0 radical (unpaired) electrons. The van der Waals surface area contributed by atoms with Crippen LogP contribution in [0.15, 0.2) is 35.2 Å². The van der Waals surface area contributed by atoms with Crippen molar-refractivity contribution < 1.29 is 8.78 Å². The molecule has 0 saturated heterocycles. The molecule has 0 atom stereocenters. The fraction of sp³-hybridized carbons (Fsp3) is 0.167. The Balaban J connectivity index is 2.27. The number of nitrogen functional groups attached to an aromatic ring is 1. The minimum absolute atomic E-state index is 0.256. The number of halogens is 2. The Kier molecular flexibility index (Phi) is 4.70. The molecule has 0 bridgehead atoms. The van der Waals surface area contributed by atoms with Gasteiger partial charge in [-0.3, -0.25) is 5.43 Å². The van der Waals surface area contributed by atoms with E-state index in [1.54, 1.807) is 37.3 Å². The number of thioether (sulfide) groups is 1. The van der Waals surface area contributed by atoms with Crippen LogP contribution in [-0.2, 0) is 0 Å². The molecule has 1 aromatic heterocycles. The Bertz CT molecular complexity index is 594. The van der Waals surface area contributed by atoms with Gasteiger partial charge in [0.05, 0.1) is 5.69 Å². The minimum atomic E-state index is -2.48. The molecule has 2 rings (SSSR count). The van der Waals surface area contributed by atoms with Crippen LogP contribution in [0.5, 0.6) is 0 Å². The predicted molar refractivity (Wildman–Crippen MR) is 76.2 cm³/mol. The summed E-state index contributed by atoms with van der Waals surface area (Å²) in [6, 6.07) is 8.49. The maximum absolute atomic E-state index is 12.5. The highest BCUT2D eigenvalue weighted by Gasteiger charge is 2.10. The van der Waals surface area contributed by atoms with Gasteiger partial charge in [0, 0.05) is 16.7 Å². The maximum Gasteiger partial charge on any atom is 0.288 e. The summed E-state index contributed by atoms with van der Waals surface area (Å²) in [4.78, 5) is 8.61. The normalized spacial score (nSPS) is 10.7. The number of nitrogens with one attached hydrogen (secondary N) is 2. The van der Waals surface area contributed by atoms with E-state index in [0.29, 0.717) is 33.9 Å². The summed E-state index contributed by atoms with van der Waals surface area (Å²) < 4.78 is 25.0. The smallest absolute Gasteiger partial charge is 0.288 e. The summed E-state index contributed by atoms with van der Waals surface area (Å²) in [5.41, 5.74) is 3.61. The summed E-state index contributed by atoms with van der Waals surface area (Å²) in [6.07, 6.45) is 0. The minimum Gasteiger partial charge on any atom is -0.339 e. The first-order valence-corrected chi connectivity index (χ1v) is 6.59. The second-order valence-electron chi connectivity index (χ2n) is 3.86. The summed E-state index contributed by atoms with van der Waals surface area (Å²) >= 11 is 0.479. The van der Waals surface area contributed by atoms with E-state index in [1.807, 2.05) is 0 Å². The molecule has 8 heteroatoms. The van der Waals surface area contributed by atoms with E-state index in [0.717, 1.165) is 0 Å². The van der Waals surface area contributed by atoms with Crippen molar-refractivity contribution in [3.63, 3.8) is 0 Å². The van der Waals surface area contributed by atoms with Crippen LogP contribution in [0.4, 0.5) is 26.2 Å². The fourth-order valence-electron chi connectivity index (χ4n) is 1.60. The molecular weight excluding hydrogens is 284 g/mol. The lowest BCUT2D eigenvalue weighted by atomic mass is 10.3. The quantitative estimate of drug-likeness (QED) is 0.447. The molecule has 0 spiro atoms. The highest BCUT2D eigenvalue weighted by atomic mass is 32.2. The van der Waals surface area contributed by atoms with Crippen LogP contribution in [0.2, 0.25) is 0 Å². The predicted octanol–water partition coefficient (Wildman–Crippen LogP) is 3.13. The number of alkyl halides is 2. The molecule has 4 N–H and O–H groups in total. The van der Waals surface area contributed by atoms with Gasteiger partial charge in [0.2, 0.25) is 5.95 Å². The van der Waals surface area contributed by atoms with Crippen LogP contribution in [0.3, 0.4) is 0 Å². The lowest BCUT2D eigenvalue weighted by Crippen LogP contribution is -2.12. The summed E-state index contributed by atoms with van der Waals surface area (Å²) in [5, 5.41) is 2.99. The van der Waals surface area contributed by atoms with Gasteiger partial charge < -0.3 is 5.32 Å². The van der Waals surface area contributed by atoms with Gasteiger partial charge in [-0.05, 0) is 19.1 Å². The lowest BCUT2D eigenvalue weighted by Gasteiger charge is -2.11. The number of anilines is 3. The molecule has 0 aliphatic rings. The molecule has 0 fully saturated rings. The number of nitrogens with two attached hydrogens (primary N) is 1. The Hall–Kier alpha value is -1.93. The lowest BCUT2D eigenvalue weighted by molar-refractivity contribution is 0.252. The van der Waals surface area contributed by atoms with E-state index in [2.05, 4.69) is 20.7 Å². The molecule has 0 amide bonds. The van der Waals surface area contributed by atoms with Gasteiger partial charge in [0.15, 0.2) is 0 Å². The number of hydrogen-bond acceptors (Lipinski definition) is 6. The molecule has 20 heavy (non-hydrogen) atoms. The molecule has 0 aliphatic heterocycles. The third-order valence-electron chi connectivity index (χ3n) is 2.35. The Morgan fingerprint density at radius 3 is 2.70 bits per heavy atom. The standard InChI is InChI=1S/C12H13F2N5S/c1-7-6-10(18-12(16-7)19-15)17-8-4-2-3-5-9(8)20-11(13)14/h2-6,11H,15H2,1H3,(H2,16,17,18,19). The van der Waals surface area contributed by atoms with Crippen molar-refractivity contribution in [2.45, 2.75) is 17.6 Å². The Labute approximate surface area is 119 Å². The number of aromatic nitrogens is 2. The van der Waals surface area contributed by atoms with Gasteiger partial charge in [0.25, 0.3) is 5.76 Å². The number of para-hydroxylation sites is 1. The van der Waals surface area contributed by atoms with Crippen LogP contribution >= 0.6 is 11.8 Å². The molecule has 1 aromatic carbocycles. The molecule has 5 nitrogen and oxygen atoms in total. The molecule has 106 valence electrons. The zero-order valence-electron chi connectivity index (χ0n) is 10.6. The number of hydrogen-bond donors (Lipinski definition) is 3. The number of benzene rings is 1. The van der Waals surface area contributed by atoms with Crippen molar-refractivity contribution in [2.75, 3.05) is 10.7 Å². The van der Waals surface area contributed by atoms with E-state index in [4.69, 9.17) is 5.84 Å². The van der Waals surface area contributed by atoms with Gasteiger partial charge in [-0.2, -0.15) is 13.8 Å². The third kappa shape index (κ3) is 3.78. The first-order valence-electron chi connectivity index (χ1n) is 5.71. The third-order valence-corrected chi connectivity index (χ3v) is 3.14. The highest BCUT2D eigenvalue weighted by Crippen LogP contribution is 2.33. The summed E-state index contributed by atoms with van der Waals surface area (Å²) in [6.45, 7) is 1.79. The Morgan fingerprint density at radius 2 is 2.00 bits per heavy atom. The average molecular weight is 297 g/mol. The number of hydrazine groups is 1. The van der Waals surface area contributed by atoms with E-state index in [-0.39, 0.29) is 5.95 Å². The Morgan fingerprint density at radius 1 is 1.25 bits per heavy atom. The van der Waals surface area contributed by atoms with Crippen LogP contribution in [0.1, 0.15) is 5.69 Å². The largest absolute Gasteiger partial charge is 0.339 e. The topological polar surface area (TPSA) is 75.9 Å². The van der Waals surface area contributed by atoms with E-state index in [1.165, 1.54) is 0 Å². The molecule has 0 unspecified atom stereocenters. The van der Waals surface area contributed by atoms with Gasteiger partial charge >= 0.3 is 0 Å². The van der Waals surface area contributed by atoms with Crippen LogP contribution in [0, 0.1) is 6.92 Å². The van der Waals surface area contributed by atoms with Crippen LogP contribution in [0.25, 0.3) is 0 Å². The van der Waals surface area contributed by atoms with Crippen molar-refractivity contribution in [3.8, 4) is 0 Å². The van der Waals surface area contributed by atoms with Crippen molar-refractivity contribution in [1.29, 1.82) is 0 Å². The van der Waals surface area contributed by atoms with Gasteiger partial charge in [0.1, 0.15) is 5.82 Å². The van der Waals surface area contributed by atoms with Crippen molar-refractivity contribution in [1.82, 2.24) is 9.97 Å². The van der Waals surface area contributed by atoms with Crippen LogP contribution in [-0.4, -0.2) is 15.7 Å². The van der Waals surface area contributed by atoms with Gasteiger partial charge in [-0.1, -0.05) is 23.9 Å². The first kappa shape index (κ1) is 14.5. The molecular formula is C12H13F2N5S. The number of nitrogens with zero attached hydrogens (tertiary/aromatic N) is 2. The van der Waals surface area contributed by atoms with E-state index < -0.39 is 5.76 Å². The SMILES string of the molecule is Cc1cc(Nc2ccccc2SC(F)F)nc(NN)n1. The highest BCUT2D eigenvalue weighted by molar-refractivity contribution is 7.99. The summed E-state index contributed by atoms with van der Waals surface area (Å²) in [7, 11) is 0. The second-order valence-corrected chi connectivity index (χ2v) is 4.89. The summed E-state index contributed by atoms with van der Waals surface area (Å²) in [5.74, 6) is 3.53. The second kappa shape index (κ2) is 6.49. The zero-order chi connectivity index (χ0) is 14.5. The van der Waals surface area contributed by atoms with Crippen LogP contribution < -0.4 is 16.6 Å². The molecule has 1 heterocycles. The van der Waals surface area contributed by atoms with E-state index in [9.17, 15) is 8.78 Å². The van der Waals surface area contributed by atoms with Crippen molar-refractivity contribution >= 4 is 29.2 Å². The number of rotatable bonds is 5. The maximum atomic E-state index is 12.5. The van der Waals surface area contributed by atoms with Gasteiger partial charge in [-0.25, -0.2) is 10.8 Å². The van der Waals surface area contributed by atoms with E-state index >= 15 is 0 Å². The monoisotopic (exact) mass is 297 g/mol. The van der Waals surface area contributed by atoms with Crippen molar-refractivity contribution in [2.24, 2.45) is 5.84 Å². The van der Waals surface area contributed by atoms with Gasteiger partial charge in [-0.15, -0.1) is 0 Å². The number of aryl methyl sites for hydroxylation is 1. The molecule has 2 aromatic rings. The first-order chi connectivity index (χ1) is 9.58. The molecule has 0 aliphatic carbocycles. The fourth-order valence-corrected chi connectivity index (χ4v) is 2.20. The molecule has 0 saturated carbocycles.